The number of rotatable bonds is 6. The van der Waals surface area contributed by atoms with Crippen molar-refractivity contribution in [3.63, 3.8) is 0 Å². The molecular weight excluding hydrogens is 256 g/mol. The lowest BCUT2D eigenvalue weighted by Crippen LogP contribution is -2.57. The van der Waals surface area contributed by atoms with Gasteiger partial charge in [-0.1, -0.05) is 13.8 Å². The SMILES string of the molecule is CCCN1CCCC(C(=O)O)(N(CCC)C(C)=O)CC1. The first kappa shape index (κ1) is 17.0. The Labute approximate surface area is 121 Å². The van der Waals surface area contributed by atoms with Crippen LogP contribution >= 0.6 is 0 Å². The minimum atomic E-state index is -1.01. The minimum Gasteiger partial charge on any atom is -0.479 e. The maximum absolute atomic E-state index is 11.9. The van der Waals surface area contributed by atoms with Gasteiger partial charge < -0.3 is 14.9 Å². The maximum Gasteiger partial charge on any atom is 0.329 e. The predicted molar refractivity (Wildman–Crippen MR) is 78.6 cm³/mol. The fraction of sp³-hybridized carbons (Fsp3) is 0.867. The summed E-state index contributed by atoms with van der Waals surface area (Å²) in [5.74, 6) is -0.974. The van der Waals surface area contributed by atoms with E-state index in [1.54, 1.807) is 4.90 Å². The Hall–Kier alpha value is -1.10. The lowest BCUT2D eigenvalue weighted by Gasteiger charge is -2.39. The van der Waals surface area contributed by atoms with E-state index in [9.17, 15) is 14.7 Å². The second-order valence-corrected chi connectivity index (χ2v) is 5.70. The second-order valence-electron chi connectivity index (χ2n) is 5.70. The van der Waals surface area contributed by atoms with E-state index in [1.165, 1.54) is 6.92 Å². The Kier molecular flexibility index (Phi) is 6.46. The van der Waals surface area contributed by atoms with E-state index in [1.807, 2.05) is 6.92 Å². The number of carboxylic acid groups (broad SMARTS) is 1. The molecule has 1 saturated heterocycles. The molecule has 1 rings (SSSR count). The fourth-order valence-electron chi connectivity index (χ4n) is 3.21. The molecule has 5 heteroatoms. The van der Waals surface area contributed by atoms with Crippen LogP contribution < -0.4 is 0 Å². The Morgan fingerprint density at radius 2 is 1.90 bits per heavy atom. The molecular formula is C15H28N2O3. The second kappa shape index (κ2) is 7.62. The van der Waals surface area contributed by atoms with Gasteiger partial charge in [-0.2, -0.15) is 0 Å². The van der Waals surface area contributed by atoms with Crippen LogP contribution in [0.15, 0.2) is 0 Å². The minimum absolute atomic E-state index is 0.127. The van der Waals surface area contributed by atoms with Crippen molar-refractivity contribution in [3.8, 4) is 0 Å². The summed E-state index contributed by atoms with van der Waals surface area (Å²) in [4.78, 5) is 27.7. The standard InChI is InChI=1S/C15H28N2O3/c1-4-9-16-11-6-7-15(8-12-16,14(19)20)17(10-5-2)13(3)18/h4-12H2,1-3H3,(H,19,20). The van der Waals surface area contributed by atoms with Crippen LogP contribution in [0.4, 0.5) is 0 Å². The number of amides is 1. The lowest BCUT2D eigenvalue weighted by atomic mass is 9.88. The Morgan fingerprint density at radius 3 is 2.40 bits per heavy atom. The summed E-state index contributed by atoms with van der Waals surface area (Å²) in [6, 6.07) is 0. The van der Waals surface area contributed by atoms with E-state index in [0.29, 0.717) is 19.4 Å². The molecule has 1 fully saturated rings. The topological polar surface area (TPSA) is 60.9 Å². The summed E-state index contributed by atoms with van der Waals surface area (Å²) in [7, 11) is 0. The van der Waals surface area contributed by atoms with Crippen molar-refractivity contribution in [2.75, 3.05) is 26.2 Å². The molecule has 0 spiro atoms. The molecule has 1 aliphatic rings. The first-order valence-electron chi connectivity index (χ1n) is 7.72. The average molecular weight is 284 g/mol. The van der Waals surface area contributed by atoms with E-state index >= 15 is 0 Å². The molecule has 1 heterocycles. The van der Waals surface area contributed by atoms with Crippen LogP contribution in [0.5, 0.6) is 0 Å². The summed E-state index contributed by atoms with van der Waals surface area (Å²) >= 11 is 0. The fourth-order valence-corrected chi connectivity index (χ4v) is 3.21. The zero-order valence-corrected chi connectivity index (χ0v) is 13.0. The molecule has 1 aliphatic heterocycles. The maximum atomic E-state index is 11.9. The van der Waals surface area contributed by atoms with E-state index in [2.05, 4.69) is 11.8 Å². The number of hydrogen-bond donors (Lipinski definition) is 1. The molecule has 1 atom stereocenters. The number of carbonyl (C=O) groups is 2. The monoisotopic (exact) mass is 284 g/mol. The molecule has 0 radical (unpaired) electrons. The lowest BCUT2D eigenvalue weighted by molar-refractivity contribution is -0.159. The van der Waals surface area contributed by atoms with E-state index < -0.39 is 11.5 Å². The summed E-state index contributed by atoms with van der Waals surface area (Å²) in [6.45, 7) is 8.81. The van der Waals surface area contributed by atoms with Crippen LogP contribution in [0, 0.1) is 0 Å². The zero-order chi connectivity index (χ0) is 15.2. The molecule has 5 nitrogen and oxygen atoms in total. The van der Waals surface area contributed by atoms with Gasteiger partial charge in [-0.25, -0.2) is 4.79 Å². The third-order valence-electron chi connectivity index (χ3n) is 4.19. The van der Waals surface area contributed by atoms with Gasteiger partial charge in [0.05, 0.1) is 0 Å². The highest BCUT2D eigenvalue weighted by Gasteiger charge is 2.45. The largest absolute Gasteiger partial charge is 0.479 e. The van der Waals surface area contributed by atoms with E-state index in [0.717, 1.165) is 38.9 Å². The Bertz CT molecular complexity index is 346. The predicted octanol–water partition coefficient (Wildman–Crippen LogP) is 1.96. The van der Waals surface area contributed by atoms with Crippen LogP contribution in [0.1, 0.15) is 52.9 Å². The van der Waals surface area contributed by atoms with Gasteiger partial charge in [-0.05, 0) is 45.2 Å². The number of carbonyl (C=O) groups excluding carboxylic acids is 1. The van der Waals surface area contributed by atoms with Crippen molar-refractivity contribution < 1.29 is 14.7 Å². The van der Waals surface area contributed by atoms with Crippen molar-refractivity contribution in [1.29, 1.82) is 0 Å². The molecule has 116 valence electrons. The number of nitrogens with zero attached hydrogens (tertiary/aromatic N) is 2. The molecule has 0 aliphatic carbocycles. The van der Waals surface area contributed by atoms with Gasteiger partial charge in [0.15, 0.2) is 0 Å². The molecule has 1 amide bonds. The molecule has 0 bridgehead atoms. The van der Waals surface area contributed by atoms with Crippen LogP contribution in [0.2, 0.25) is 0 Å². The zero-order valence-electron chi connectivity index (χ0n) is 13.0. The van der Waals surface area contributed by atoms with Crippen LogP contribution in [0.3, 0.4) is 0 Å². The summed E-state index contributed by atoms with van der Waals surface area (Å²) < 4.78 is 0. The smallest absolute Gasteiger partial charge is 0.329 e. The van der Waals surface area contributed by atoms with Gasteiger partial charge in [-0.15, -0.1) is 0 Å². The molecule has 0 aromatic rings. The molecule has 0 aromatic heterocycles. The van der Waals surface area contributed by atoms with Crippen molar-refractivity contribution in [2.24, 2.45) is 0 Å². The van der Waals surface area contributed by atoms with Crippen molar-refractivity contribution in [3.05, 3.63) is 0 Å². The summed E-state index contributed by atoms with van der Waals surface area (Å²) in [5.41, 5.74) is -1.01. The first-order chi connectivity index (χ1) is 9.47. The first-order valence-corrected chi connectivity index (χ1v) is 7.72. The molecule has 0 aromatic carbocycles. The van der Waals surface area contributed by atoms with Gasteiger partial charge >= 0.3 is 5.97 Å². The van der Waals surface area contributed by atoms with Crippen LogP contribution in [-0.4, -0.2) is 58.5 Å². The van der Waals surface area contributed by atoms with Crippen molar-refractivity contribution >= 4 is 11.9 Å². The molecule has 0 saturated carbocycles. The van der Waals surface area contributed by atoms with Gasteiger partial charge in [0.1, 0.15) is 5.54 Å². The van der Waals surface area contributed by atoms with Gasteiger partial charge in [0.25, 0.3) is 0 Å². The van der Waals surface area contributed by atoms with Crippen LogP contribution in [-0.2, 0) is 9.59 Å². The van der Waals surface area contributed by atoms with E-state index in [4.69, 9.17) is 0 Å². The van der Waals surface area contributed by atoms with Gasteiger partial charge in [0, 0.05) is 20.0 Å². The van der Waals surface area contributed by atoms with Crippen LogP contribution in [0.25, 0.3) is 0 Å². The molecule has 20 heavy (non-hydrogen) atoms. The number of hydrogen-bond acceptors (Lipinski definition) is 3. The number of likely N-dealkylation sites (tertiary alicyclic amines) is 1. The van der Waals surface area contributed by atoms with Gasteiger partial charge in [-0.3, -0.25) is 4.79 Å². The summed E-state index contributed by atoms with van der Waals surface area (Å²) in [6.07, 6.45) is 3.78. The van der Waals surface area contributed by atoms with Gasteiger partial charge in [0.2, 0.25) is 5.91 Å². The molecule has 1 N–H and O–H groups in total. The summed E-state index contributed by atoms with van der Waals surface area (Å²) in [5, 5.41) is 9.76. The quantitative estimate of drug-likeness (QED) is 0.810. The highest BCUT2D eigenvalue weighted by molar-refractivity contribution is 5.86. The molecule has 1 unspecified atom stereocenters. The number of aliphatic carboxylic acids is 1. The number of carboxylic acids is 1. The third kappa shape index (κ3) is 3.72. The highest BCUT2D eigenvalue weighted by Crippen LogP contribution is 2.30. The van der Waals surface area contributed by atoms with E-state index in [-0.39, 0.29) is 5.91 Å². The van der Waals surface area contributed by atoms with Crippen molar-refractivity contribution in [2.45, 2.75) is 58.4 Å². The normalized spacial score (nSPS) is 24.1. The Morgan fingerprint density at radius 1 is 1.20 bits per heavy atom. The third-order valence-corrected chi connectivity index (χ3v) is 4.19. The highest BCUT2D eigenvalue weighted by atomic mass is 16.4. The van der Waals surface area contributed by atoms with Crippen molar-refractivity contribution in [1.82, 2.24) is 9.80 Å². The Balaban J connectivity index is 2.96. The average Bonchev–Trinajstić information content (AvgIpc) is 2.60.